The number of hydrogen-bond donors (Lipinski definition) is 1. The predicted octanol–water partition coefficient (Wildman–Crippen LogP) is 3.06. The summed E-state index contributed by atoms with van der Waals surface area (Å²) in [6.45, 7) is -0.396. The van der Waals surface area contributed by atoms with Gasteiger partial charge in [0.15, 0.2) is 23.9 Å². The summed E-state index contributed by atoms with van der Waals surface area (Å²) in [6.07, 6.45) is 3.12. The highest BCUT2D eigenvalue weighted by molar-refractivity contribution is 6.07. The van der Waals surface area contributed by atoms with E-state index in [4.69, 9.17) is 19.3 Å². The Hall–Kier alpha value is -3.28. The Balaban J connectivity index is 2.05. The molecule has 0 spiro atoms. The molecule has 6 heteroatoms. The Morgan fingerprint density at radius 3 is 2.28 bits per heavy atom. The number of rotatable bonds is 8. The molecule has 2 aromatic rings. The fourth-order valence-corrected chi connectivity index (χ4v) is 2.08. The molecule has 0 saturated heterocycles. The summed E-state index contributed by atoms with van der Waals surface area (Å²) in [7, 11) is 3.04. The standard InChI is InChI=1S/C19H18O6/c1-23-17-10-6-14(11-18(17)24-2)16(20)9-5-13-3-7-15(8-4-13)25-12-19(21)22/h3-11H,12H2,1-2H3,(H,21,22)/b9-5+. The number of benzene rings is 2. The quantitative estimate of drug-likeness (QED) is 0.586. The highest BCUT2D eigenvalue weighted by Gasteiger charge is 2.08. The lowest BCUT2D eigenvalue weighted by Gasteiger charge is -2.08. The number of methoxy groups -OCH3 is 2. The van der Waals surface area contributed by atoms with E-state index in [1.165, 1.54) is 20.3 Å². The van der Waals surface area contributed by atoms with E-state index < -0.39 is 12.6 Å². The van der Waals surface area contributed by atoms with E-state index >= 15 is 0 Å². The van der Waals surface area contributed by atoms with Gasteiger partial charge in [0.2, 0.25) is 0 Å². The lowest BCUT2D eigenvalue weighted by molar-refractivity contribution is -0.139. The van der Waals surface area contributed by atoms with Gasteiger partial charge in [-0.25, -0.2) is 4.79 Å². The molecule has 0 heterocycles. The molecule has 0 aliphatic heterocycles. The van der Waals surface area contributed by atoms with E-state index in [1.54, 1.807) is 48.5 Å². The second-order valence-electron chi connectivity index (χ2n) is 5.02. The highest BCUT2D eigenvalue weighted by atomic mass is 16.5. The monoisotopic (exact) mass is 342 g/mol. The SMILES string of the molecule is COc1ccc(C(=O)/C=C/c2ccc(OCC(=O)O)cc2)cc1OC. The van der Waals surface area contributed by atoms with Crippen LogP contribution in [0.3, 0.4) is 0 Å². The van der Waals surface area contributed by atoms with Crippen LogP contribution in [0.1, 0.15) is 15.9 Å². The molecule has 1 N–H and O–H groups in total. The summed E-state index contributed by atoms with van der Waals surface area (Å²) < 4.78 is 15.4. The number of hydrogen-bond acceptors (Lipinski definition) is 5. The maximum atomic E-state index is 12.3. The first kappa shape index (κ1) is 18.1. The first-order chi connectivity index (χ1) is 12.0. The first-order valence-corrected chi connectivity index (χ1v) is 7.42. The molecule has 130 valence electrons. The van der Waals surface area contributed by atoms with Gasteiger partial charge in [0.05, 0.1) is 14.2 Å². The maximum Gasteiger partial charge on any atom is 0.341 e. The van der Waals surface area contributed by atoms with Crippen molar-refractivity contribution in [3.05, 3.63) is 59.7 Å². The minimum atomic E-state index is -1.04. The molecule has 0 aliphatic rings. The van der Waals surface area contributed by atoms with Crippen molar-refractivity contribution in [2.45, 2.75) is 0 Å². The van der Waals surface area contributed by atoms with E-state index in [9.17, 15) is 9.59 Å². The van der Waals surface area contributed by atoms with E-state index in [0.717, 1.165) is 5.56 Å². The van der Waals surface area contributed by atoms with Gasteiger partial charge >= 0.3 is 5.97 Å². The van der Waals surface area contributed by atoms with Crippen LogP contribution >= 0.6 is 0 Å². The summed E-state index contributed by atoms with van der Waals surface area (Å²) >= 11 is 0. The molecule has 0 bridgehead atoms. The minimum absolute atomic E-state index is 0.174. The Morgan fingerprint density at radius 1 is 1.00 bits per heavy atom. The number of carbonyl (C=O) groups excluding carboxylic acids is 1. The van der Waals surface area contributed by atoms with Crippen LogP contribution in [0.25, 0.3) is 6.08 Å². The fraction of sp³-hybridized carbons (Fsp3) is 0.158. The number of carbonyl (C=O) groups is 2. The molecule has 0 unspecified atom stereocenters. The Kier molecular flexibility index (Phi) is 6.17. The van der Waals surface area contributed by atoms with Crippen LogP contribution < -0.4 is 14.2 Å². The van der Waals surface area contributed by atoms with Crippen LogP contribution in [0.5, 0.6) is 17.2 Å². The molecule has 2 aromatic carbocycles. The fourth-order valence-electron chi connectivity index (χ4n) is 2.08. The molecular formula is C19H18O6. The van der Waals surface area contributed by atoms with Crippen LogP contribution in [0.2, 0.25) is 0 Å². The third-order valence-corrected chi connectivity index (χ3v) is 3.34. The van der Waals surface area contributed by atoms with Crippen molar-refractivity contribution in [1.29, 1.82) is 0 Å². The molecular weight excluding hydrogens is 324 g/mol. The van der Waals surface area contributed by atoms with Gasteiger partial charge in [-0.2, -0.15) is 0 Å². The van der Waals surface area contributed by atoms with E-state index in [0.29, 0.717) is 22.8 Å². The summed E-state index contributed by atoms with van der Waals surface area (Å²) in [6, 6.07) is 11.7. The van der Waals surface area contributed by atoms with Crippen molar-refractivity contribution in [1.82, 2.24) is 0 Å². The zero-order chi connectivity index (χ0) is 18.2. The molecule has 0 aromatic heterocycles. The van der Waals surface area contributed by atoms with Crippen molar-refractivity contribution in [2.75, 3.05) is 20.8 Å². The lowest BCUT2D eigenvalue weighted by atomic mass is 10.1. The molecule has 2 rings (SSSR count). The van der Waals surface area contributed by atoms with Gasteiger partial charge in [-0.15, -0.1) is 0 Å². The molecule has 0 aliphatic carbocycles. The molecule has 6 nitrogen and oxygen atoms in total. The van der Waals surface area contributed by atoms with Gasteiger partial charge in [-0.3, -0.25) is 4.79 Å². The number of ketones is 1. The number of carboxylic acid groups (broad SMARTS) is 1. The second-order valence-corrected chi connectivity index (χ2v) is 5.02. The van der Waals surface area contributed by atoms with Crippen molar-refractivity contribution in [3.8, 4) is 17.2 Å². The third-order valence-electron chi connectivity index (χ3n) is 3.34. The average Bonchev–Trinajstić information content (AvgIpc) is 2.64. The zero-order valence-corrected chi connectivity index (χ0v) is 13.9. The van der Waals surface area contributed by atoms with Gasteiger partial charge in [0.1, 0.15) is 5.75 Å². The van der Waals surface area contributed by atoms with E-state index in [1.807, 2.05) is 0 Å². The van der Waals surface area contributed by atoms with Crippen LogP contribution in [0.4, 0.5) is 0 Å². The average molecular weight is 342 g/mol. The highest BCUT2D eigenvalue weighted by Crippen LogP contribution is 2.27. The van der Waals surface area contributed by atoms with Gasteiger partial charge < -0.3 is 19.3 Å². The number of aliphatic carboxylic acids is 1. The minimum Gasteiger partial charge on any atom is -0.493 e. The van der Waals surface area contributed by atoms with Gasteiger partial charge in [0, 0.05) is 5.56 Å². The normalized spacial score (nSPS) is 10.5. The lowest BCUT2D eigenvalue weighted by Crippen LogP contribution is -2.09. The first-order valence-electron chi connectivity index (χ1n) is 7.42. The number of ether oxygens (including phenoxy) is 3. The number of carboxylic acids is 1. The van der Waals surface area contributed by atoms with Crippen LogP contribution in [-0.4, -0.2) is 37.7 Å². The Labute approximate surface area is 145 Å². The topological polar surface area (TPSA) is 82.1 Å². The van der Waals surface area contributed by atoms with Crippen LogP contribution in [0, 0.1) is 0 Å². The van der Waals surface area contributed by atoms with Crippen molar-refractivity contribution in [3.63, 3.8) is 0 Å². The summed E-state index contributed by atoms with van der Waals surface area (Å²) in [5, 5.41) is 8.56. The predicted molar refractivity (Wildman–Crippen MR) is 92.5 cm³/mol. The van der Waals surface area contributed by atoms with Gasteiger partial charge in [-0.05, 0) is 42.0 Å². The summed E-state index contributed by atoms with van der Waals surface area (Å²) in [5.41, 5.74) is 1.27. The maximum absolute atomic E-state index is 12.3. The zero-order valence-electron chi connectivity index (χ0n) is 13.9. The van der Waals surface area contributed by atoms with Gasteiger partial charge in [0.25, 0.3) is 0 Å². The van der Waals surface area contributed by atoms with Crippen molar-refractivity contribution < 1.29 is 28.9 Å². The van der Waals surface area contributed by atoms with Crippen LogP contribution in [0.15, 0.2) is 48.5 Å². The van der Waals surface area contributed by atoms with Crippen molar-refractivity contribution in [2.24, 2.45) is 0 Å². The van der Waals surface area contributed by atoms with Crippen molar-refractivity contribution >= 4 is 17.8 Å². The Morgan fingerprint density at radius 2 is 1.68 bits per heavy atom. The summed E-state index contributed by atoms with van der Waals surface area (Å²) in [5.74, 6) is 0.282. The summed E-state index contributed by atoms with van der Waals surface area (Å²) in [4.78, 5) is 22.7. The smallest absolute Gasteiger partial charge is 0.341 e. The molecule has 0 atom stereocenters. The second kappa shape index (κ2) is 8.54. The third kappa shape index (κ3) is 5.10. The molecule has 0 radical (unpaired) electrons. The molecule has 0 amide bonds. The van der Waals surface area contributed by atoms with E-state index in [2.05, 4.69) is 0 Å². The van der Waals surface area contributed by atoms with E-state index in [-0.39, 0.29) is 5.78 Å². The number of allylic oxidation sites excluding steroid dienone is 1. The Bertz CT molecular complexity index is 777. The molecule has 0 saturated carbocycles. The largest absolute Gasteiger partial charge is 0.493 e. The van der Waals surface area contributed by atoms with Gasteiger partial charge in [-0.1, -0.05) is 18.2 Å². The van der Waals surface area contributed by atoms with Crippen LogP contribution in [-0.2, 0) is 4.79 Å². The molecule has 0 fully saturated rings. The molecule has 25 heavy (non-hydrogen) atoms.